The molecule has 0 amide bonds. The van der Waals surface area contributed by atoms with Gasteiger partial charge in [0.2, 0.25) is 0 Å². The maximum Gasteiger partial charge on any atom is 0.278 e. The Labute approximate surface area is 180 Å². The van der Waals surface area contributed by atoms with E-state index in [2.05, 4.69) is 14.8 Å². The van der Waals surface area contributed by atoms with Gasteiger partial charge in [-0.15, -0.1) is 0 Å². The summed E-state index contributed by atoms with van der Waals surface area (Å²) in [5.74, 6) is 0.764. The number of methoxy groups -OCH3 is 1. The van der Waals surface area contributed by atoms with E-state index in [-0.39, 0.29) is 14.9 Å². The zero-order chi connectivity index (χ0) is 20.9. The summed E-state index contributed by atoms with van der Waals surface area (Å²) in [6.07, 6.45) is 1.43. The highest BCUT2D eigenvalue weighted by atomic mass is 35.5. The van der Waals surface area contributed by atoms with Crippen LogP contribution in [0.2, 0.25) is 10.0 Å². The van der Waals surface area contributed by atoms with E-state index in [1.54, 1.807) is 13.2 Å². The minimum absolute atomic E-state index is 0.0642. The van der Waals surface area contributed by atoms with Gasteiger partial charge in [0.1, 0.15) is 10.6 Å². The van der Waals surface area contributed by atoms with Crippen LogP contribution in [0.4, 0.5) is 0 Å². The summed E-state index contributed by atoms with van der Waals surface area (Å²) in [5, 5.41) is 4.19. The largest absolute Gasteiger partial charge is 0.496 e. The van der Waals surface area contributed by atoms with Gasteiger partial charge >= 0.3 is 0 Å². The maximum atomic E-state index is 12.4. The highest BCUT2D eigenvalue weighted by Crippen LogP contribution is 2.25. The molecule has 1 fully saturated rings. The van der Waals surface area contributed by atoms with E-state index < -0.39 is 10.0 Å². The van der Waals surface area contributed by atoms with E-state index in [1.165, 1.54) is 24.4 Å². The van der Waals surface area contributed by atoms with Crippen molar-refractivity contribution in [1.29, 1.82) is 0 Å². The molecule has 1 aliphatic heterocycles. The van der Waals surface area contributed by atoms with E-state index in [4.69, 9.17) is 32.7 Å². The molecule has 7 nitrogen and oxygen atoms in total. The minimum Gasteiger partial charge on any atom is -0.496 e. The zero-order valence-corrected chi connectivity index (χ0v) is 18.1. The predicted molar refractivity (Wildman–Crippen MR) is 113 cm³/mol. The van der Waals surface area contributed by atoms with Crippen molar-refractivity contribution in [1.82, 2.24) is 9.73 Å². The molecule has 10 heteroatoms. The molecule has 29 heavy (non-hydrogen) atoms. The second-order valence-electron chi connectivity index (χ2n) is 6.39. The molecule has 0 aromatic heterocycles. The average Bonchev–Trinajstić information content (AvgIpc) is 2.70. The summed E-state index contributed by atoms with van der Waals surface area (Å²) < 4.78 is 35.7. The smallest absolute Gasteiger partial charge is 0.278 e. The van der Waals surface area contributed by atoms with Crippen LogP contribution in [-0.2, 0) is 21.3 Å². The molecule has 0 bridgehead atoms. The molecular weight excluding hydrogens is 437 g/mol. The maximum absolute atomic E-state index is 12.4. The number of hydrazone groups is 1. The lowest BCUT2D eigenvalue weighted by atomic mass is 10.1. The van der Waals surface area contributed by atoms with Crippen molar-refractivity contribution >= 4 is 39.4 Å². The molecule has 0 unspecified atom stereocenters. The second-order valence-corrected chi connectivity index (χ2v) is 8.86. The van der Waals surface area contributed by atoms with Crippen molar-refractivity contribution in [2.24, 2.45) is 5.10 Å². The zero-order valence-electron chi connectivity index (χ0n) is 15.8. The normalized spacial score (nSPS) is 15.6. The number of sulfonamides is 1. The van der Waals surface area contributed by atoms with Gasteiger partial charge in [-0.3, -0.25) is 4.90 Å². The number of nitrogens with zero attached hydrogens (tertiary/aromatic N) is 2. The Hall–Kier alpha value is -1.84. The molecule has 1 saturated heterocycles. The van der Waals surface area contributed by atoms with Crippen LogP contribution in [0.15, 0.2) is 46.4 Å². The molecule has 3 rings (SSSR count). The Bertz CT molecular complexity index is 993. The molecule has 1 aliphatic rings. The van der Waals surface area contributed by atoms with E-state index in [1.807, 2.05) is 12.1 Å². The molecule has 0 aliphatic carbocycles. The quantitative estimate of drug-likeness (QED) is 0.510. The van der Waals surface area contributed by atoms with Crippen LogP contribution in [0, 0.1) is 0 Å². The van der Waals surface area contributed by atoms with Gasteiger partial charge in [0.05, 0.1) is 31.6 Å². The standard InChI is InChI=1S/C19H21Cl2N3O4S/c1-27-18-5-2-14(10-15(18)13-24-6-8-28-9-7-24)12-22-23-29(25,26)19-11-16(20)3-4-17(19)21/h2-5,10-12,23H,6-9,13H2,1H3/b22-12+. The molecule has 2 aromatic rings. The monoisotopic (exact) mass is 457 g/mol. The van der Waals surface area contributed by atoms with Crippen LogP contribution < -0.4 is 9.57 Å². The Morgan fingerprint density at radius 2 is 1.97 bits per heavy atom. The molecule has 156 valence electrons. The third-order valence-corrected chi connectivity index (χ3v) is 6.31. The van der Waals surface area contributed by atoms with Gasteiger partial charge in [-0.2, -0.15) is 13.5 Å². The molecule has 0 saturated carbocycles. The van der Waals surface area contributed by atoms with Crippen molar-refractivity contribution in [2.45, 2.75) is 11.4 Å². The van der Waals surface area contributed by atoms with Crippen LogP contribution in [0.5, 0.6) is 5.75 Å². The lowest BCUT2D eigenvalue weighted by molar-refractivity contribution is 0.0339. The van der Waals surface area contributed by atoms with E-state index in [9.17, 15) is 8.42 Å². The molecule has 0 spiro atoms. The number of morpholine rings is 1. The first-order valence-corrected chi connectivity index (χ1v) is 11.1. The van der Waals surface area contributed by atoms with Gasteiger partial charge in [0.25, 0.3) is 10.0 Å². The Kier molecular flexibility index (Phi) is 7.37. The summed E-state index contributed by atoms with van der Waals surface area (Å²) in [6.45, 7) is 3.82. The van der Waals surface area contributed by atoms with Crippen LogP contribution in [0.3, 0.4) is 0 Å². The molecule has 0 atom stereocenters. The lowest BCUT2D eigenvalue weighted by Gasteiger charge is -2.27. The van der Waals surface area contributed by atoms with Crippen molar-refractivity contribution in [3.63, 3.8) is 0 Å². The third kappa shape index (κ3) is 5.83. The number of benzene rings is 2. The highest BCUT2D eigenvalue weighted by molar-refractivity contribution is 7.89. The predicted octanol–water partition coefficient (Wildman–Crippen LogP) is 3.15. The third-order valence-electron chi connectivity index (χ3n) is 4.37. The number of rotatable bonds is 7. The highest BCUT2D eigenvalue weighted by Gasteiger charge is 2.18. The second kappa shape index (κ2) is 9.77. The lowest BCUT2D eigenvalue weighted by Crippen LogP contribution is -2.35. The fourth-order valence-electron chi connectivity index (χ4n) is 2.91. The van der Waals surface area contributed by atoms with Crippen LogP contribution in [-0.4, -0.2) is 52.9 Å². The number of ether oxygens (including phenoxy) is 2. The molecule has 1 N–H and O–H groups in total. The summed E-state index contributed by atoms with van der Waals surface area (Å²) >= 11 is 11.8. The first kappa shape index (κ1) is 21.9. The van der Waals surface area contributed by atoms with Gasteiger partial charge in [0, 0.05) is 30.2 Å². The number of hydrogen-bond donors (Lipinski definition) is 1. The summed E-state index contributed by atoms with van der Waals surface area (Å²) in [5.41, 5.74) is 1.72. The van der Waals surface area contributed by atoms with Crippen LogP contribution >= 0.6 is 23.2 Å². The molecular formula is C19H21Cl2N3O4S. The van der Waals surface area contributed by atoms with E-state index >= 15 is 0 Å². The van der Waals surface area contributed by atoms with E-state index in [0.717, 1.165) is 30.0 Å². The SMILES string of the molecule is COc1ccc(/C=N/NS(=O)(=O)c2cc(Cl)ccc2Cl)cc1CN1CCOCC1. The number of nitrogens with one attached hydrogen (secondary N) is 1. The summed E-state index contributed by atoms with van der Waals surface area (Å²) in [6, 6.07) is 9.75. The average molecular weight is 458 g/mol. The fourth-order valence-corrected chi connectivity index (χ4v) is 4.46. The van der Waals surface area contributed by atoms with Crippen molar-refractivity contribution < 1.29 is 17.9 Å². The topological polar surface area (TPSA) is 80.2 Å². The number of hydrogen-bond acceptors (Lipinski definition) is 6. The van der Waals surface area contributed by atoms with Crippen molar-refractivity contribution in [2.75, 3.05) is 33.4 Å². The Morgan fingerprint density at radius 1 is 1.21 bits per heavy atom. The van der Waals surface area contributed by atoms with Crippen LogP contribution in [0.1, 0.15) is 11.1 Å². The van der Waals surface area contributed by atoms with E-state index in [0.29, 0.717) is 19.8 Å². The fraction of sp³-hybridized carbons (Fsp3) is 0.316. The van der Waals surface area contributed by atoms with Crippen LogP contribution in [0.25, 0.3) is 0 Å². The molecule has 1 heterocycles. The first-order chi connectivity index (χ1) is 13.9. The minimum atomic E-state index is -3.94. The summed E-state index contributed by atoms with van der Waals surface area (Å²) in [4.78, 5) is 4.30. The van der Waals surface area contributed by atoms with Gasteiger partial charge in [0.15, 0.2) is 0 Å². The van der Waals surface area contributed by atoms with Gasteiger partial charge < -0.3 is 9.47 Å². The van der Waals surface area contributed by atoms with Gasteiger partial charge in [-0.05, 0) is 42.0 Å². The van der Waals surface area contributed by atoms with Crippen molar-refractivity contribution in [3.8, 4) is 5.75 Å². The van der Waals surface area contributed by atoms with Crippen molar-refractivity contribution in [3.05, 3.63) is 57.6 Å². The van der Waals surface area contributed by atoms with Gasteiger partial charge in [-0.1, -0.05) is 23.2 Å². The van der Waals surface area contributed by atoms with Gasteiger partial charge in [-0.25, -0.2) is 4.83 Å². The number of halogens is 2. The molecule has 2 aromatic carbocycles. The Morgan fingerprint density at radius 3 is 2.69 bits per heavy atom. The Balaban J connectivity index is 1.74. The molecule has 0 radical (unpaired) electrons. The first-order valence-electron chi connectivity index (χ1n) is 8.86. The summed E-state index contributed by atoms with van der Waals surface area (Å²) in [7, 11) is -2.32.